The van der Waals surface area contributed by atoms with Gasteiger partial charge in [-0.2, -0.15) is 8.42 Å². The van der Waals surface area contributed by atoms with Crippen LogP contribution in [0.3, 0.4) is 0 Å². The summed E-state index contributed by atoms with van der Waals surface area (Å²) in [5.41, 5.74) is 2.76. The first-order chi connectivity index (χ1) is 48.7. The van der Waals surface area contributed by atoms with Crippen LogP contribution in [0.5, 0.6) is 11.5 Å². The Hall–Kier alpha value is -7.66. The summed E-state index contributed by atoms with van der Waals surface area (Å²) >= 11 is 15.2. The standard InChI is InChI=1S/C34H35ClF3N4O3S2.C31H32ClF3N2O6S3.C4H6N2.CH4O3S/c1-34(2,23-7-12-29(37)31(17-23)45-4)32-20-39-33(42(32)25-10-8-24(36)9-11-25)46-21-27-28(35)18-26(19-30(27)38)47(43,44)16-6-5-13-41-15-14-40(3)22-41;1-31(2,20-7-12-26(34)28(15-20)42-3)29-18-36-30(37(29)22-10-8-21(33)9-11-22)44-19-24-25(32)16-23(17-27(24)35)46(40,41)14-6-5-13-43-45(4,38)39;1-6-3-2-5-4-6;1-5(2,3)4/h7-12,14-15,17-20,22H,5-6,13,16,21H2,1-4H3;7-12,15-18H,5-6,13-14,19H2,1-4H3;2-4H,1H3;1H3,(H,2,3,4)/q+1;;;/p-1. The van der Waals surface area contributed by atoms with E-state index in [0.29, 0.717) is 58.7 Å². The van der Waals surface area contributed by atoms with E-state index in [0.717, 1.165) is 41.3 Å². The number of ether oxygens (including phenoxy) is 2. The van der Waals surface area contributed by atoms with Gasteiger partial charge in [0.15, 0.2) is 53.1 Å². The molecule has 0 aliphatic heterocycles. The Morgan fingerprint density at radius 1 is 0.577 bits per heavy atom. The van der Waals surface area contributed by atoms with Gasteiger partial charge < -0.3 is 18.6 Å². The Labute approximate surface area is 620 Å². The lowest BCUT2D eigenvalue weighted by molar-refractivity contribution is -0.671. The number of imidazole rings is 4. The number of aromatic nitrogens is 8. The monoisotopic (exact) mass is 1600 g/mol. The van der Waals surface area contributed by atoms with Crippen LogP contribution in [0.4, 0.5) is 26.3 Å². The zero-order valence-corrected chi connectivity index (χ0v) is 64.4. The van der Waals surface area contributed by atoms with Crippen molar-refractivity contribution in [2.45, 2.75) is 102 Å². The first-order valence-corrected chi connectivity index (χ1v) is 41.1. The van der Waals surface area contributed by atoms with Crippen molar-refractivity contribution in [2.24, 2.45) is 14.1 Å². The van der Waals surface area contributed by atoms with E-state index in [2.05, 4.69) is 19.1 Å². The van der Waals surface area contributed by atoms with Crippen LogP contribution in [-0.4, -0.2) is 116 Å². The average Bonchev–Trinajstić information content (AvgIpc) is 1.58. The van der Waals surface area contributed by atoms with Crippen molar-refractivity contribution in [1.82, 2.24) is 33.2 Å². The van der Waals surface area contributed by atoms with Crippen LogP contribution in [0.2, 0.25) is 10.0 Å². The minimum atomic E-state index is -3.92. The zero-order valence-electron chi connectivity index (χ0n) is 58.0. The predicted octanol–water partition coefficient (Wildman–Crippen LogP) is 14.1. The third-order valence-electron chi connectivity index (χ3n) is 15.9. The summed E-state index contributed by atoms with van der Waals surface area (Å²) in [6.07, 6.45) is 17.3. The maximum absolute atomic E-state index is 15.5. The van der Waals surface area contributed by atoms with E-state index in [-0.39, 0.29) is 84.9 Å². The lowest BCUT2D eigenvalue weighted by Gasteiger charge is -2.28. The molecule has 34 heteroatoms. The number of sulfone groups is 2. The van der Waals surface area contributed by atoms with E-state index >= 15 is 8.78 Å². The molecule has 0 unspecified atom stereocenters. The molecule has 0 amide bonds. The van der Waals surface area contributed by atoms with Crippen LogP contribution >= 0.6 is 46.7 Å². The molecule has 0 saturated heterocycles. The Morgan fingerprint density at radius 2 is 1.00 bits per heavy atom. The number of hydrogen-bond acceptors (Lipinski definition) is 17. The fraction of sp³-hybridized carbons (Fsp3) is 0.314. The molecule has 0 aliphatic rings. The van der Waals surface area contributed by atoms with Gasteiger partial charge in [-0.3, -0.25) is 13.3 Å². The number of thioether (sulfide) groups is 2. The summed E-state index contributed by atoms with van der Waals surface area (Å²) in [6, 6.07) is 25.2. The fourth-order valence-electron chi connectivity index (χ4n) is 10.3. The third kappa shape index (κ3) is 23.2. The molecule has 0 saturated carbocycles. The fourth-order valence-corrected chi connectivity index (χ4v) is 16.4. The molecule has 10 aromatic rings. The van der Waals surface area contributed by atoms with Crippen LogP contribution < -0.4 is 14.0 Å². The van der Waals surface area contributed by atoms with Gasteiger partial charge in [0.1, 0.15) is 35.7 Å². The smallest absolute Gasteiger partial charge is 0.264 e. The second-order valence-corrected chi connectivity index (χ2v) is 34.5. The van der Waals surface area contributed by atoms with Crippen molar-refractivity contribution in [3.63, 3.8) is 0 Å². The second kappa shape index (κ2) is 36.1. The highest BCUT2D eigenvalue weighted by molar-refractivity contribution is 7.98. The Kier molecular flexibility index (Phi) is 29.0. The van der Waals surface area contributed by atoms with Crippen molar-refractivity contribution >= 4 is 86.6 Å². The average molecular weight is 1600 g/mol. The Balaban J connectivity index is 0.000000253. The minimum Gasteiger partial charge on any atom is -0.748 e. The molecule has 0 bridgehead atoms. The highest BCUT2D eigenvalue weighted by Gasteiger charge is 2.33. The summed E-state index contributed by atoms with van der Waals surface area (Å²) < 4.78 is 212. The Morgan fingerprint density at radius 3 is 1.35 bits per heavy atom. The van der Waals surface area contributed by atoms with E-state index in [1.165, 1.54) is 74.5 Å². The summed E-state index contributed by atoms with van der Waals surface area (Å²) in [4.78, 5) is 12.5. The first-order valence-electron chi connectivity index (χ1n) is 31.4. The number of methoxy groups -OCH3 is 2. The third-order valence-corrected chi connectivity index (χ3v) is 22.7. The molecule has 10 rings (SSSR count). The molecule has 0 aliphatic carbocycles. The molecule has 6 aromatic carbocycles. The van der Waals surface area contributed by atoms with Gasteiger partial charge >= 0.3 is 0 Å². The second-order valence-electron chi connectivity index (χ2n) is 24.6. The number of benzene rings is 6. The normalized spacial score (nSPS) is 12.0. The summed E-state index contributed by atoms with van der Waals surface area (Å²) in [6.45, 7) is 8.23. The van der Waals surface area contributed by atoms with Crippen LogP contribution in [0, 0.1) is 34.9 Å². The van der Waals surface area contributed by atoms with Gasteiger partial charge in [-0.15, -0.1) is 0 Å². The van der Waals surface area contributed by atoms with Gasteiger partial charge in [0.25, 0.3) is 10.1 Å². The van der Waals surface area contributed by atoms with Crippen molar-refractivity contribution in [1.29, 1.82) is 0 Å². The number of nitrogens with zero attached hydrogens (tertiary/aromatic N) is 8. The molecule has 0 fully saturated rings. The zero-order chi connectivity index (χ0) is 76.7. The van der Waals surface area contributed by atoms with Gasteiger partial charge in [0.2, 0.25) is 6.33 Å². The molecule has 4 heterocycles. The largest absolute Gasteiger partial charge is 0.748 e. The predicted molar refractivity (Wildman–Crippen MR) is 387 cm³/mol. The van der Waals surface area contributed by atoms with Crippen LogP contribution in [0.1, 0.15) is 87.0 Å². The molecule has 4 aromatic heterocycles. The van der Waals surface area contributed by atoms with Crippen LogP contribution in [0.15, 0.2) is 179 Å². The molecule has 20 nitrogen and oxygen atoms in total. The van der Waals surface area contributed by atoms with E-state index in [1.807, 2.05) is 85.0 Å². The number of aryl methyl sites for hydroxylation is 3. The van der Waals surface area contributed by atoms with Gasteiger partial charge in [-0.1, -0.05) is 86.6 Å². The van der Waals surface area contributed by atoms with Crippen LogP contribution in [0.25, 0.3) is 11.4 Å². The molecular weight excluding hydrogens is 1520 g/mol. The maximum atomic E-state index is 15.5. The number of unbranched alkanes of at least 4 members (excludes halogenated alkanes) is 2. The molecular formula is C70H76Cl2F6N8O12S6. The van der Waals surface area contributed by atoms with Crippen molar-refractivity contribution < 1.29 is 82.8 Å². The lowest BCUT2D eigenvalue weighted by atomic mass is 9.81. The molecule has 0 spiro atoms. The lowest BCUT2D eigenvalue weighted by Crippen LogP contribution is -2.23. The van der Waals surface area contributed by atoms with Gasteiger partial charge in [-0.25, -0.2) is 75.7 Å². The summed E-state index contributed by atoms with van der Waals surface area (Å²) in [7, 11) is -8.61. The number of halogens is 8. The topological polar surface area (TPSA) is 250 Å². The van der Waals surface area contributed by atoms with Crippen molar-refractivity contribution in [2.75, 3.05) is 44.8 Å². The van der Waals surface area contributed by atoms with Gasteiger partial charge in [0.05, 0.1) is 102 Å². The first kappa shape index (κ1) is 83.6. The van der Waals surface area contributed by atoms with Gasteiger partial charge in [0, 0.05) is 80.6 Å². The molecule has 0 N–H and O–H groups in total. The summed E-state index contributed by atoms with van der Waals surface area (Å²) in [5, 5.41) is 0.796. The highest BCUT2D eigenvalue weighted by Crippen LogP contribution is 2.42. The number of rotatable bonds is 27. The van der Waals surface area contributed by atoms with E-state index in [4.69, 9.17) is 45.6 Å². The molecule has 0 atom stereocenters. The van der Waals surface area contributed by atoms with Crippen molar-refractivity contribution in [3.8, 4) is 22.9 Å². The van der Waals surface area contributed by atoms with E-state index in [9.17, 15) is 42.8 Å². The summed E-state index contributed by atoms with van der Waals surface area (Å²) in [5.74, 6) is -3.69. The van der Waals surface area contributed by atoms with E-state index < -0.39 is 85.6 Å². The highest BCUT2D eigenvalue weighted by atomic mass is 35.5. The minimum absolute atomic E-state index is 0.00485. The van der Waals surface area contributed by atoms with E-state index in [1.54, 1.807) is 78.0 Å². The maximum Gasteiger partial charge on any atom is 0.264 e. The van der Waals surface area contributed by atoms with Crippen LogP contribution in [-0.2, 0) is 87.1 Å². The van der Waals surface area contributed by atoms with Gasteiger partial charge in [-0.05, 0) is 134 Å². The Bertz CT molecular complexity index is 5020. The SMILES string of the molecule is COc1cc(C(C)(C)c2cnc(SCc3c(F)cc(S(=O)(=O)CCCCOS(C)(=O)=O)cc3Cl)n2-c2ccc(F)cc2)ccc1F.COc1cc(C(C)(C)c2cnc(SCc3c(F)cc(S(=O)(=O)CCCCn4cc[n+](C)c4)cc3Cl)n2-c2ccc(F)cc2)ccc1F.CS(=O)(=O)[O-].Cn1ccnc1. The van der Waals surface area contributed by atoms with Crippen molar-refractivity contribution in [3.05, 3.63) is 238 Å². The quantitative estimate of drug-likeness (QED) is 0.0116. The molecule has 104 heavy (non-hydrogen) atoms. The number of hydrogen-bond donors (Lipinski definition) is 0. The molecule has 560 valence electrons. The molecule has 0 radical (unpaired) electrons.